The highest BCUT2D eigenvalue weighted by Gasteiger charge is 2.32. The minimum absolute atomic E-state index is 0.0438. The number of amides is 1. The summed E-state index contributed by atoms with van der Waals surface area (Å²) < 4.78 is 5.49. The largest absolute Gasteiger partial charge is 0.481 e. The highest BCUT2D eigenvalue weighted by Crippen LogP contribution is 2.28. The van der Waals surface area contributed by atoms with Crippen LogP contribution in [0.4, 0.5) is 0 Å². The Morgan fingerprint density at radius 2 is 2.00 bits per heavy atom. The Hall–Kier alpha value is -1.10. The van der Waals surface area contributed by atoms with Crippen molar-refractivity contribution in [2.45, 2.75) is 57.1 Å². The lowest BCUT2D eigenvalue weighted by Gasteiger charge is -2.22. The maximum Gasteiger partial charge on any atom is 0.305 e. The second-order valence-electron chi connectivity index (χ2n) is 5.14. The Morgan fingerprint density at radius 3 is 2.56 bits per heavy atom. The summed E-state index contributed by atoms with van der Waals surface area (Å²) in [5.74, 6) is -0.748. The molecule has 18 heavy (non-hydrogen) atoms. The van der Waals surface area contributed by atoms with Gasteiger partial charge in [0.25, 0.3) is 0 Å². The average molecular weight is 255 g/mol. The molecule has 0 bridgehead atoms. The molecule has 0 aromatic rings. The van der Waals surface area contributed by atoms with Crippen LogP contribution in [0, 0.1) is 0 Å². The minimum Gasteiger partial charge on any atom is -0.481 e. The van der Waals surface area contributed by atoms with Gasteiger partial charge in [-0.3, -0.25) is 9.59 Å². The summed E-state index contributed by atoms with van der Waals surface area (Å²) in [4.78, 5) is 24.4. The van der Waals surface area contributed by atoms with Crippen LogP contribution in [0.25, 0.3) is 0 Å². The molecular weight excluding hydrogens is 234 g/mol. The van der Waals surface area contributed by atoms with Gasteiger partial charge in [-0.2, -0.15) is 0 Å². The predicted molar refractivity (Wildman–Crippen MR) is 65.2 cm³/mol. The van der Waals surface area contributed by atoms with Gasteiger partial charge in [0.15, 0.2) is 0 Å². The van der Waals surface area contributed by atoms with Crippen LogP contribution in [0.2, 0.25) is 0 Å². The standard InChI is InChI=1S/C13H21NO4/c15-12(6-5-11-2-1-9-18-11)14(10-3-4-10)8-7-13(16)17/h10-11H,1-9H2,(H,16,17). The Morgan fingerprint density at radius 1 is 1.22 bits per heavy atom. The fraction of sp³-hybridized carbons (Fsp3) is 0.846. The molecular formula is C13H21NO4. The predicted octanol–water partition coefficient (Wildman–Crippen LogP) is 1.41. The third kappa shape index (κ3) is 3.98. The van der Waals surface area contributed by atoms with Crippen LogP contribution in [0.15, 0.2) is 0 Å². The summed E-state index contributed by atoms with van der Waals surface area (Å²) in [6.07, 6.45) is 5.71. The van der Waals surface area contributed by atoms with Crippen LogP contribution in [-0.2, 0) is 14.3 Å². The summed E-state index contributed by atoms with van der Waals surface area (Å²) >= 11 is 0. The van der Waals surface area contributed by atoms with Crippen molar-refractivity contribution in [1.82, 2.24) is 4.90 Å². The molecule has 1 saturated carbocycles. The molecule has 2 fully saturated rings. The third-order valence-electron chi connectivity index (χ3n) is 3.58. The molecule has 2 aliphatic rings. The van der Waals surface area contributed by atoms with E-state index >= 15 is 0 Å². The van der Waals surface area contributed by atoms with Crippen LogP contribution in [0.3, 0.4) is 0 Å². The van der Waals surface area contributed by atoms with Gasteiger partial charge >= 0.3 is 5.97 Å². The Bertz CT molecular complexity index is 308. The van der Waals surface area contributed by atoms with Crippen LogP contribution in [0.5, 0.6) is 0 Å². The van der Waals surface area contributed by atoms with E-state index in [0.717, 1.165) is 38.7 Å². The van der Waals surface area contributed by atoms with Gasteiger partial charge in [0.05, 0.1) is 12.5 Å². The van der Waals surface area contributed by atoms with Crippen molar-refractivity contribution in [3.05, 3.63) is 0 Å². The first-order valence-corrected chi connectivity index (χ1v) is 6.79. The lowest BCUT2D eigenvalue weighted by molar-refractivity contribution is -0.138. The third-order valence-corrected chi connectivity index (χ3v) is 3.58. The van der Waals surface area contributed by atoms with Crippen molar-refractivity contribution in [3.8, 4) is 0 Å². The quantitative estimate of drug-likeness (QED) is 0.747. The molecule has 1 heterocycles. The van der Waals surface area contributed by atoms with Gasteiger partial charge in [0.1, 0.15) is 0 Å². The first-order chi connectivity index (χ1) is 8.66. The zero-order valence-electron chi connectivity index (χ0n) is 10.6. The van der Waals surface area contributed by atoms with Crippen molar-refractivity contribution >= 4 is 11.9 Å². The summed E-state index contributed by atoms with van der Waals surface area (Å²) in [7, 11) is 0. The van der Waals surface area contributed by atoms with Gasteiger partial charge in [0, 0.05) is 25.6 Å². The number of carbonyl (C=O) groups is 2. The summed E-state index contributed by atoms with van der Waals surface area (Å²) in [5, 5.41) is 8.69. The maximum absolute atomic E-state index is 12.1. The number of ether oxygens (including phenoxy) is 1. The van der Waals surface area contributed by atoms with E-state index in [2.05, 4.69) is 0 Å². The Kier molecular flexibility index (Phi) is 4.58. The normalized spacial score (nSPS) is 23.0. The highest BCUT2D eigenvalue weighted by molar-refractivity contribution is 5.77. The topological polar surface area (TPSA) is 66.8 Å². The van der Waals surface area contributed by atoms with Crippen LogP contribution < -0.4 is 0 Å². The highest BCUT2D eigenvalue weighted by atomic mass is 16.5. The smallest absolute Gasteiger partial charge is 0.305 e. The van der Waals surface area contributed by atoms with E-state index in [1.54, 1.807) is 4.90 Å². The number of nitrogens with zero attached hydrogens (tertiary/aromatic N) is 1. The molecule has 0 aromatic heterocycles. The fourth-order valence-electron chi connectivity index (χ4n) is 2.41. The number of carboxylic acid groups (broad SMARTS) is 1. The molecule has 5 heteroatoms. The fourth-order valence-corrected chi connectivity index (χ4v) is 2.41. The molecule has 1 amide bonds. The second kappa shape index (κ2) is 6.18. The van der Waals surface area contributed by atoms with Crippen molar-refractivity contribution in [1.29, 1.82) is 0 Å². The van der Waals surface area contributed by atoms with E-state index in [9.17, 15) is 9.59 Å². The van der Waals surface area contributed by atoms with E-state index in [1.807, 2.05) is 0 Å². The molecule has 2 rings (SSSR count). The van der Waals surface area contributed by atoms with Crippen LogP contribution in [-0.4, -0.2) is 47.2 Å². The molecule has 0 aromatic carbocycles. The Balaban J connectivity index is 1.74. The maximum atomic E-state index is 12.1. The number of rotatable bonds is 7. The summed E-state index contributed by atoms with van der Waals surface area (Å²) in [6.45, 7) is 1.16. The lowest BCUT2D eigenvalue weighted by Crippen LogP contribution is -2.35. The van der Waals surface area contributed by atoms with Crippen molar-refractivity contribution < 1.29 is 19.4 Å². The molecule has 1 unspecified atom stereocenters. The van der Waals surface area contributed by atoms with E-state index in [-0.39, 0.29) is 18.4 Å². The molecule has 1 N–H and O–H groups in total. The Labute approximate surface area is 107 Å². The van der Waals surface area contributed by atoms with E-state index < -0.39 is 5.97 Å². The zero-order valence-corrected chi connectivity index (χ0v) is 10.6. The summed E-state index contributed by atoms with van der Waals surface area (Å²) in [5.41, 5.74) is 0. The molecule has 1 atom stereocenters. The summed E-state index contributed by atoms with van der Waals surface area (Å²) in [6, 6.07) is 0.293. The molecule has 1 aliphatic heterocycles. The van der Waals surface area contributed by atoms with Gasteiger partial charge in [-0.25, -0.2) is 0 Å². The minimum atomic E-state index is -0.840. The van der Waals surface area contributed by atoms with Crippen LogP contribution >= 0.6 is 0 Å². The monoisotopic (exact) mass is 255 g/mol. The molecule has 0 radical (unpaired) electrons. The van der Waals surface area contributed by atoms with E-state index in [0.29, 0.717) is 19.0 Å². The number of hydrogen-bond donors (Lipinski definition) is 1. The van der Waals surface area contributed by atoms with Gasteiger partial charge in [-0.15, -0.1) is 0 Å². The zero-order chi connectivity index (χ0) is 13.0. The molecule has 0 spiro atoms. The van der Waals surface area contributed by atoms with Gasteiger partial charge in [-0.05, 0) is 32.1 Å². The molecule has 102 valence electrons. The van der Waals surface area contributed by atoms with Crippen LogP contribution in [0.1, 0.15) is 44.9 Å². The van der Waals surface area contributed by atoms with Crippen molar-refractivity contribution in [3.63, 3.8) is 0 Å². The van der Waals surface area contributed by atoms with Crippen molar-refractivity contribution in [2.24, 2.45) is 0 Å². The molecule has 1 saturated heterocycles. The number of carboxylic acids is 1. The average Bonchev–Trinajstić information content (AvgIpc) is 3.03. The second-order valence-corrected chi connectivity index (χ2v) is 5.14. The van der Waals surface area contributed by atoms with E-state index in [1.165, 1.54) is 0 Å². The molecule has 5 nitrogen and oxygen atoms in total. The lowest BCUT2D eigenvalue weighted by atomic mass is 10.1. The SMILES string of the molecule is O=C(O)CCN(C(=O)CCC1CCCO1)C1CC1. The molecule has 1 aliphatic carbocycles. The van der Waals surface area contributed by atoms with Crippen molar-refractivity contribution in [2.75, 3.05) is 13.2 Å². The number of carbonyl (C=O) groups excluding carboxylic acids is 1. The van der Waals surface area contributed by atoms with Gasteiger partial charge in [-0.1, -0.05) is 0 Å². The first kappa shape index (κ1) is 13.3. The number of hydrogen-bond acceptors (Lipinski definition) is 3. The number of aliphatic carboxylic acids is 1. The van der Waals surface area contributed by atoms with Gasteiger partial charge in [0.2, 0.25) is 5.91 Å². The van der Waals surface area contributed by atoms with E-state index in [4.69, 9.17) is 9.84 Å². The first-order valence-electron chi connectivity index (χ1n) is 6.79. The van der Waals surface area contributed by atoms with Gasteiger partial charge < -0.3 is 14.7 Å².